The minimum absolute atomic E-state index is 0.0997. The molecule has 1 aliphatic heterocycles. The maximum atomic E-state index is 13.9. The van der Waals surface area contributed by atoms with Gasteiger partial charge in [0.2, 0.25) is 5.91 Å². The van der Waals surface area contributed by atoms with Crippen LogP contribution in [-0.2, 0) is 4.79 Å². The molecular formula is C17H14FN3O. The predicted molar refractivity (Wildman–Crippen MR) is 81.9 cm³/mol. The van der Waals surface area contributed by atoms with E-state index in [1.165, 1.54) is 6.07 Å². The molecule has 2 N–H and O–H groups in total. The van der Waals surface area contributed by atoms with Crippen LogP contribution >= 0.6 is 0 Å². The lowest BCUT2D eigenvalue weighted by atomic mass is 9.82. The van der Waals surface area contributed by atoms with E-state index < -0.39 is 0 Å². The number of hydrogen-bond donors (Lipinski definition) is 2. The molecule has 5 heteroatoms. The van der Waals surface area contributed by atoms with E-state index in [9.17, 15) is 9.18 Å². The third-order valence-corrected chi connectivity index (χ3v) is 4.33. The normalized spacial score (nSPS) is 19.3. The standard InChI is InChI=1S/C17H14FN3O/c1-9-11(6-3-7-13(9)18)12-8-14(22)19-17-15(12)16(20-21-17)10-4-2-5-10/h2-7,12H,8H2,1H3,(H2,19,20,21,22). The number of carbonyl (C=O) groups excluding carboxylic acids is 1. The molecule has 1 aliphatic carbocycles. The Morgan fingerprint density at radius 2 is 2.18 bits per heavy atom. The quantitative estimate of drug-likeness (QED) is 0.893. The molecule has 1 unspecified atom stereocenters. The van der Waals surface area contributed by atoms with Crippen LogP contribution in [0, 0.1) is 12.7 Å². The Bertz CT molecular complexity index is 848. The van der Waals surface area contributed by atoms with Crippen LogP contribution in [0.3, 0.4) is 0 Å². The Hall–Kier alpha value is -2.69. The number of fused-ring (bicyclic) bond motifs is 1. The second kappa shape index (κ2) is 4.66. The van der Waals surface area contributed by atoms with Gasteiger partial charge in [-0.2, -0.15) is 5.10 Å². The fraction of sp³-hybridized carbons (Fsp3) is 0.176. The zero-order valence-electron chi connectivity index (χ0n) is 12.0. The molecule has 1 amide bonds. The van der Waals surface area contributed by atoms with Crippen LogP contribution in [0.2, 0.25) is 0 Å². The van der Waals surface area contributed by atoms with Crippen molar-refractivity contribution in [3.05, 3.63) is 64.6 Å². The summed E-state index contributed by atoms with van der Waals surface area (Å²) in [5.41, 5.74) is 4.29. The molecule has 2 aromatic rings. The summed E-state index contributed by atoms with van der Waals surface area (Å²) in [6, 6.07) is 5.01. The number of benzene rings is 1. The molecule has 0 spiro atoms. The minimum Gasteiger partial charge on any atom is -0.309 e. The van der Waals surface area contributed by atoms with Crippen molar-refractivity contribution in [2.45, 2.75) is 19.3 Å². The molecule has 110 valence electrons. The van der Waals surface area contributed by atoms with Crippen molar-refractivity contribution in [1.29, 1.82) is 0 Å². The lowest BCUT2D eigenvalue weighted by Crippen LogP contribution is -2.24. The number of H-pyrrole nitrogens is 1. The van der Waals surface area contributed by atoms with Crippen molar-refractivity contribution in [2.75, 3.05) is 5.32 Å². The van der Waals surface area contributed by atoms with Gasteiger partial charge in [0.15, 0.2) is 5.82 Å². The monoisotopic (exact) mass is 295 g/mol. The molecule has 22 heavy (non-hydrogen) atoms. The van der Waals surface area contributed by atoms with Crippen molar-refractivity contribution in [3.63, 3.8) is 0 Å². The van der Waals surface area contributed by atoms with E-state index in [0.29, 0.717) is 17.8 Å². The van der Waals surface area contributed by atoms with Crippen LogP contribution in [0.5, 0.6) is 0 Å². The second-order valence-corrected chi connectivity index (χ2v) is 5.60. The predicted octanol–water partition coefficient (Wildman–Crippen LogP) is 3.28. The number of nitrogens with one attached hydrogen (secondary N) is 2. The number of hydrogen-bond acceptors (Lipinski definition) is 2. The Balaban J connectivity index is 1.89. The van der Waals surface area contributed by atoms with E-state index in [2.05, 4.69) is 15.5 Å². The number of aromatic amines is 1. The summed E-state index contributed by atoms with van der Waals surface area (Å²) in [7, 11) is 0. The first-order chi connectivity index (χ1) is 10.6. The highest BCUT2D eigenvalue weighted by atomic mass is 19.1. The first kappa shape index (κ1) is 13.0. The van der Waals surface area contributed by atoms with Gasteiger partial charge >= 0.3 is 0 Å². The molecule has 1 aromatic heterocycles. The SMILES string of the molecule is Cc1c(F)cccc1C1CC(=O)Nc2n[nH]c(C3=CC=C3)c21. The topological polar surface area (TPSA) is 57.8 Å². The number of carbonyl (C=O) groups is 1. The zero-order valence-corrected chi connectivity index (χ0v) is 12.0. The van der Waals surface area contributed by atoms with Crippen LogP contribution < -0.4 is 5.32 Å². The molecular weight excluding hydrogens is 281 g/mol. The number of amides is 1. The first-order valence-corrected chi connectivity index (χ1v) is 7.17. The Morgan fingerprint density at radius 1 is 1.36 bits per heavy atom. The van der Waals surface area contributed by atoms with Gasteiger partial charge in [-0.3, -0.25) is 9.89 Å². The van der Waals surface area contributed by atoms with E-state index in [1.54, 1.807) is 13.0 Å². The Morgan fingerprint density at radius 3 is 2.91 bits per heavy atom. The van der Waals surface area contributed by atoms with E-state index in [-0.39, 0.29) is 17.6 Å². The first-order valence-electron chi connectivity index (χ1n) is 7.17. The van der Waals surface area contributed by atoms with E-state index >= 15 is 0 Å². The van der Waals surface area contributed by atoms with Crippen molar-refractivity contribution in [2.24, 2.45) is 0 Å². The number of halogens is 1. The zero-order chi connectivity index (χ0) is 15.3. The molecule has 1 atom stereocenters. The van der Waals surface area contributed by atoms with Crippen molar-refractivity contribution >= 4 is 17.3 Å². The van der Waals surface area contributed by atoms with Gasteiger partial charge in [-0.1, -0.05) is 30.4 Å². The largest absolute Gasteiger partial charge is 0.309 e. The van der Waals surface area contributed by atoms with Crippen molar-refractivity contribution < 1.29 is 9.18 Å². The van der Waals surface area contributed by atoms with Gasteiger partial charge in [-0.25, -0.2) is 4.39 Å². The van der Waals surface area contributed by atoms with Crippen LogP contribution in [0.4, 0.5) is 10.2 Å². The molecule has 4 rings (SSSR count). The molecule has 2 heterocycles. The number of rotatable bonds is 2. The number of allylic oxidation sites excluding steroid dienone is 4. The molecule has 0 saturated carbocycles. The maximum absolute atomic E-state index is 13.9. The summed E-state index contributed by atoms with van der Waals surface area (Å²) >= 11 is 0. The molecule has 4 nitrogen and oxygen atoms in total. The Kier molecular flexibility index (Phi) is 2.76. The fourth-order valence-corrected chi connectivity index (χ4v) is 3.10. The summed E-state index contributed by atoms with van der Waals surface area (Å²) < 4.78 is 13.9. The van der Waals surface area contributed by atoms with Gasteiger partial charge in [0, 0.05) is 17.9 Å². The maximum Gasteiger partial charge on any atom is 0.226 e. The van der Waals surface area contributed by atoms with Gasteiger partial charge < -0.3 is 5.32 Å². The molecule has 0 radical (unpaired) electrons. The Labute approximate surface area is 126 Å². The molecule has 0 fully saturated rings. The summed E-state index contributed by atoms with van der Waals surface area (Å²) in [5.74, 6) is -0.000569. The summed E-state index contributed by atoms with van der Waals surface area (Å²) in [4.78, 5) is 12.0. The molecule has 0 saturated heterocycles. The smallest absolute Gasteiger partial charge is 0.226 e. The summed E-state index contributed by atoms with van der Waals surface area (Å²) in [6.45, 7) is 1.75. The van der Waals surface area contributed by atoms with Gasteiger partial charge in [0.1, 0.15) is 5.82 Å². The number of nitrogens with zero attached hydrogens (tertiary/aromatic N) is 1. The average molecular weight is 295 g/mol. The van der Waals surface area contributed by atoms with Gasteiger partial charge in [-0.05, 0) is 29.7 Å². The molecule has 0 bridgehead atoms. The highest BCUT2D eigenvalue weighted by Gasteiger charge is 2.33. The third kappa shape index (κ3) is 1.82. The second-order valence-electron chi connectivity index (χ2n) is 5.60. The van der Waals surface area contributed by atoms with E-state index in [0.717, 1.165) is 22.4 Å². The molecule has 2 aliphatic rings. The highest BCUT2D eigenvalue weighted by molar-refractivity contribution is 5.96. The van der Waals surface area contributed by atoms with Gasteiger partial charge in [0.25, 0.3) is 0 Å². The third-order valence-electron chi connectivity index (χ3n) is 4.33. The van der Waals surface area contributed by atoms with Crippen LogP contribution in [-0.4, -0.2) is 16.1 Å². The van der Waals surface area contributed by atoms with Crippen LogP contribution in [0.15, 0.2) is 36.4 Å². The highest BCUT2D eigenvalue weighted by Crippen LogP contribution is 2.42. The minimum atomic E-state index is -0.252. The summed E-state index contributed by atoms with van der Waals surface area (Å²) in [5, 5.41) is 10.00. The fourth-order valence-electron chi connectivity index (χ4n) is 3.10. The number of aromatic nitrogens is 2. The average Bonchev–Trinajstić information content (AvgIpc) is 2.83. The van der Waals surface area contributed by atoms with Gasteiger partial charge in [-0.15, -0.1) is 0 Å². The van der Waals surface area contributed by atoms with E-state index in [4.69, 9.17) is 0 Å². The van der Waals surface area contributed by atoms with E-state index in [1.807, 2.05) is 24.3 Å². The summed E-state index contributed by atoms with van der Waals surface area (Å²) in [6.07, 6.45) is 6.21. The number of anilines is 1. The van der Waals surface area contributed by atoms with Crippen LogP contribution in [0.25, 0.3) is 5.57 Å². The lowest BCUT2D eigenvalue weighted by molar-refractivity contribution is -0.116. The van der Waals surface area contributed by atoms with Crippen LogP contribution in [0.1, 0.15) is 34.7 Å². The van der Waals surface area contributed by atoms with Crippen molar-refractivity contribution in [1.82, 2.24) is 10.2 Å². The van der Waals surface area contributed by atoms with Gasteiger partial charge in [0.05, 0.1) is 5.69 Å². The lowest BCUT2D eigenvalue weighted by Gasteiger charge is -2.25. The van der Waals surface area contributed by atoms with Crippen molar-refractivity contribution in [3.8, 4) is 0 Å². The molecule has 1 aromatic carbocycles.